The summed E-state index contributed by atoms with van der Waals surface area (Å²) in [6, 6.07) is 15.7. The van der Waals surface area contributed by atoms with Crippen molar-refractivity contribution in [2.75, 3.05) is 0 Å². The van der Waals surface area contributed by atoms with Gasteiger partial charge in [-0.25, -0.2) is 0 Å². The van der Waals surface area contributed by atoms with Gasteiger partial charge in [-0.2, -0.15) is 0 Å². The predicted molar refractivity (Wildman–Crippen MR) is 52.2 cm³/mol. The van der Waals surface area contributed by atoms with Gasteiger partial charge in [-0.1, -0.05) is 37.3 Å². The van der Waals surface area contributed by atoms with Gasteiger partial charge in [-0.3, -0.25) is 0 Å². The van der Waals surface area contributed by atoms with E-state index in [2.05, 4.69) is 43.3 Å². The first kappa shape index (κ1) is 7.35. The summed E-state index contributed by atoms with van der Waals surface area (Å²) in [5.41, 5.74) is 1.38. The summed E-state index contributed by atoms with van der Waals surface area (Å²) >= 11 is 0. The second kappa shape index (κ2) is 2.98. The van der Waals surface area contributed by atoms with Crippen molar-refractivity contribution in [3.05, 3.63) is 48.0 Å². The van der Waals surface area contributed by atoms with Gasteiger partial charge in [0.05, 0.1) is 0 Å². The van der Waals surface area contributed by atoms with E-state index < -0.39 is 0 Å². The van der Waals surface area contributed by atoms with E-state index in [0.717, 1.165) is 6.42 Å². The Morgan fingerprint density at radius 2 is 2.00 bits per heavy atom. The standard InChI is InChI=1S/C12H11/c1-2-10-7-5-8-11-6-3-4-9-12(10)11/h3-4,6-9H,2H2,1H3. The number of benzene rings is 2. The predicted octanol–water partition coefficient (Wildman–Crippen LogP) is 3.20. The second-order valence-electron chi connectivity index (χ2n) is 2.92. The summed E-state index contributed by atoms with van der Waals surface area (Å²) in [5, 5.41) is 2.65. The molecule has 0 saturated heterocycles. The highest BCUT2D eigenvalue weighted by Crippen LogP contribution is 2.17. The fraction of sp³-hybridized carbons (Fsp3) is 0.167. The van der Waals surface area contributed by atoms with Gasteiger partial charge in [0.25, 0.3) is 0 Å². The van der Waals surface area contributed by atoms with Crippen LogP contribution in [0.25, 0.3) is 10.8 Å². The molecule has 0 amide bonds. The van der Waals surface area contributed by atoms with Gasteiger partial charge in [0.15, 0.2) is 0 Å². The maximum absolute atomic E-state index is 3.15. The minimum absolute atomic E-state index is 1.08. The van der Waals surface area contributed by atoms with Crippen LogP contribution in [0.4, 0.5) is 0 Å². The Kier molecular flexibility index (Phi) is 1.83. The van der Waals surface area contributed by atoms with Crippen molar-refractivity contribution in [3.63, 3.8) is 0 Å². The van der Waals surface area contributed by atoms with Crippen LogP contribution in [0, 0.1) is 6.07 Å². The molecule has 0 nitrogen and oxygen atoms in total. The monoisotopic (exact) mass is 155 g/mol. The molecular weight excluding hydrogens is 144 g/mol. The van der Waals surface area contributed by atoms with Crippen LogP contribution in [0.5, 0.6) is 0 Å². The van der Waals surface area contributed by atoms with E-state index in [1.807, 2.05) is 6.07 Å². The lowest BCUT2D eigenvalue weighted by molar-refractivity contribution is 1.16. The SMILES string of the molecule is CCc1c[c]cc2ccccc12. The van der Waals surface area contributed by atoms with E-state index in [4.69, 9.17) is 0 Å². The molecular formula is C12H11. The molecule has 59 valence electrons. The third-order valence-corrected chi connectivity index (χ3v) is 2.18. The highest BCUT2D eigenvalue weighted by Gasteiger charge is 1.95. The number of hydrogen-bond donors (Lipinski definition) is 0. The van der Waals surface area contributed by atoms with Crippen molar-refractivity contribution in [1.29, 1.82) is 0 Å². The topological polar surface area (TPSA) is 0 Å². The second-order valence-corrected chi connectivity index (χ2v) is 2.92. The maximum Gasteiger partial charge on any atom is -0.0152 e. The molecule has 0 unspecified atom stereocenters. The molecule has 0 bridgehead atoms. The first-order chi connectivity index (χ1) is 5.92. The summed E-state index contributed by atoms with van der Waals surface area (Å²) in [5.74, 6) is 0. The van der Waals surface area contributed by atoms with Gasteiger partial charge < -0.3 is 0 Å². The number of aryl methyl sites for hydroxylation is 1. The molecule has 2 rings (SSSR count). The minimum atomic E-state index is 1.08. The van der Waals surface area contributed by atoms with Crippen molar-refractivity contribution in [3.8, 4) is 0 Å². The molecule has 0 aliphatic rings. The fourth-order valence-electron chi connectivity index (χ4n) is 1.52. The molecule has 0 spiro atoms. The van der Waals surface area contributed by atoms with E-state index in [1.165, 1.54) is 16.3 Å². The zero-order valence-corrected chi connectivity index (χ0v) is 7.17. The first-order valence-corrected chi connectivity index (χ1v) is 4.29. The third kappa shape index (κ3) is 1.10. The van der Waals surface area contributed by atoms with Gasteiger partial charge in [-0.05, 0) is 34.9 Å². The van der Waals surface area contributed by atoms with Crippen LogP contribution >= 0.6 is 0 Å². The van der Waals surface area contributed by atoms with Gasteiger partial charge in [0.2, 0.25) is 0 Å². The normalized spacial score (nSPS) is 10.4. The smallest absolute Gasteiger partial charge is 0.0152 e. The number of fused-ring (bicyclic) bond motifs is 1. The maximum atomic E-state index is 3.15. The Balaban J connectivity index is 2.79. The van der Waals surface area contributed by atoms with Crippen LogP contribution in [0.3, 0.4) is 0 Å². The van der Waals surface area contributed by atoms with E-state index in [9.17, 15) is 0 Å². The Labute approximate surface area is 72.8 Å². The van der Waals surface area contributed by atoms with Crippen molar-refractivity contribution in [1.82, 2.24) is 0 Å². The Hall–Kier alpha value is -1.30. The van der Waals surface area contributed by atoms with E-state index >= 15 is 0 Å². The van der Waals surface area contributed by atoms with Crippen molar-refractivity contribution < 1.29 is 0 Å². The Morgan fingerprint density at radius 3 is 2.83 bits per heavy atom. The molecule has 0 heteroatoms. The van der Waals surface area contributed by atoms with Crippen LogP contribution in [0.15, 0.2) is 36.4 Å². The molecule has 0 heterocycles. The lowest BCUT2D eigenvalue weighted by Crippen LogP contribution is -1.81. The zero-order chi connectivity index (χ0) is 8.39. The lowest BCUT2D eigenvalue weighted by Gasteiger charge is -2.01. The van der Waals surface area contributed by atoms with Crippen molar-refractivity contribution in [2.45, 2.75) is 13.3 Å². The summed E-state index contributed by atoms with van der Waals surface area (Å²) in [6.07, 6.45) is 1.08. The van der Waals surface area contributed by atoms with Gasteiger partial charge in [0.1, 0.15) is 0 Å². The molecule has 0 atom stereocenters. The van der Waals surface area contributed by atoms with Crippen LogP contribution in [0.1, 0.15) is 12.5 Å². The average Bonchev–Trinajstić information content (AvgIpc) is 2.17. The highest BCUT2D eigenvalue weighted by atomic mass is 14.0. The van der Waals surface area contributed by atoms with Crippen LogP contribution in [0.2, 0.25) is 0 Å². The number of hydrogen-bond acceptors (Lipinski definition) is 0. The molecule has 0 aromatic heterocycles. The molecule has 2 aromatic rings. The van der Waals surface area contributed by atoms with E-state index in [1.54, 1.807) is 0 Å². The first-order valence-electron chi connectivity index (χ1n) is 4.29. The minimum Gasteiger partial charge on any atom is -0.0616 e. The fourth-order valence-corrected chi connectivity index (χ4v) is 1.52. The summed E-state index contributed by atoms with van der Waals surface area (Å²) in [7, 11) is 0. The summed E-state index contributed by atoms with van der Waals surface area (Å²) in [6.45, 7) is 2.18. The molecule has 0 aliphatic carbocycles. The van der Waals surface area contributed by atoms with Gasteiger partial charge >= 0.3 is 0 Å². The van der Waals surface area contributed by atoms with Crippen molar-refractivity contribution in [2.24, 2.45) is 0 Å². The molecule has 0 aliphatic heterocycles. The highest BCUT2D eigenvalue weighted by molar-refractivity contribution is 5.85. The summed E-state index contributed by atoms with van der Waals surface area (Å²) < 4.78 is 0. The van der Waals surface area contributed by atoms with Gasteiger partial charge in [-0.15, -0.1) is 0 Å². The third-order valence-electron chi connectivity index (χ3n) is 2.18. The van der Waals surface area contributed by atoms with Crippen molar-refractivity contribution >= 4 is 10.8 Å². The molecule has 12 heavy (non-hydrogen) atoms. The zero-order valence-electron chi connectivity index (χ0n) is 7.17. The Morgan fingerprint density at radius 1 is 1.17 bits per heavy atom. The van der Waals surface area contributed by atoms with E-state index in [-0.39, 0.29) is 0 Å². The van der Waals surface area contributed by atoms with Crippen LogP contribution in [-0.4, -0.2) is 0 Å². The summed E-state index contributed by atoms with van der Waals surface area (Å²) in [4.78, 5) is 0. The van der Waals surface area contributed by atoms with Gasteiger partial charge in [0, 0.05) is 0 Å². The lowest BCUT2D eigenvalue weighted by atomic mass is 10.0. The molecule has 0 saturated carbocycles. The molecule has 0 fully saturated rings. The number of rotatable bonds is 1. The molecule has 1 radical (unpaired) electrons. The van der Waals surface area contributed by atoms with Crippen LogP contribution < -0.4 is 0 Å². The molecule has 0 N–H and O–H groups in total. The quantitative estimate of drug-likeness (QED) is 0.593. The average molecular weight is 155 g/mol. The van der Waals surface area contributed by atoms with E-state index in [0.29, 0.717) is 0 Å². The largest absolute Gasteiger partial charge is 0.0616 e. The van der Waals surface area contributed by atoms with Crippen LogP contribution in [-0.2, 0) is 6.42 Å². The molecule has 2 aromatic carbocycles. The Bertz CT molecular complexity index is 383.